The van der Waals surface area contributed by atoms with Gasteiger partial charge in [-0.05, 0) is 30.0 Å². The molecule has 0 spiro atoms. The lowest BCUT2D eigenvalue weighted by atomic mass is 9.98. The van der Waals surface area contributed by atoms with Crippen molar-refractivity contribution in [3.05, 3.63) is 29.3 Å². The van der Waals surface area contributed by atoms with Gasteiger partial charge in [-0.25, -0.2) is 0 Å². The molecule has 0 aromatic heterocycles. The molecule has 3 N–H and O–H groups in total. The monoisotopic (exact) mass is 288 g/mol. The van der Waals surface area contributed by atoms with E-state index in [-0.39, 0.29) is 12.5 Å². The van der Waals surface area contributed by atoms with Gasteiger partial charge in [-0.15, -0.1) is 0 Å². The SMILES string of the molecule is COc1ccc(C(=O)NCC(C)C(C)C)cc1C#CCN. The molecule has 114 valence electrons. The Bertz CT molecular complexity index is 541. The molecular weight excluding hydrogens is 264 g/mol. The topological polar surface area (TPSA) is 64.3 Å². The summed E-state index contributed by atoms with van der Waals surface area (Å²) in [5.41, 5.74) is 6.63. The molecule has 21 heavy (non-hydrogen) atoms. The van der Waals surface area contributed by atoms with Gasteiger partial charge in [0.05, 0.1) is 19.2 Å². The van der Waals surface area contributed by atoms with Gasteiger partial charge in [0.25, 0.3) is 5.91 Å². The van der Waals surface area contributed by atoms with Crippen LogP contribution in [0.25, 0.3) is 0 Å². The Kier molecular flexibility index (Phi) is 6.77. The van der Waals surface area contributed by atoms with E-state index < -0.39 is 0 Å². The highest BCUT2D eigenvalue weighted by atomic mass is 16.5. The zero-order chi connectivity index (χ0) is 15.8. The van der Waals surface area contributed by atoms with Gasteiger partial charge in [0.1, 0.15) is 5.75 Å². The lowest BCUT2D eigenvalue weighted by Gasteiger charge is -2.16. The smallest absolute Gasteiger partial charge is 0.251 e. The van der Waals surface area contributed by atoms with Crippen molar-refractivity contribution in [3.63, 3.8) is 0 Å². The quantitative estimate of drug-likeness (QED) is 0.815. The molecule has 0 heterocycles. The third-order valence-electron chi connectivity index (χ3n) is 3.51. The van der Waals surface area contributed by atoms with E-state index >= 15 is 0 Å². The van der Waals surface area contributed by atoms with Crippen molar-refractivity contribution in [2.45, 2.75) is 20.8 Å². The van der Waals surface area contributed by atoms with E-state index in [1.54, 1.807) is 25.3 Å². The van der Waals surface area contributed by atoms with Crippen LogP contribution < -0.4 is 15.8 Å². The Hall–Kier alpha value is -1.99. The molecule has 0 radical (unpaired) electrons. The minimum absolute atomic E-state index is 0.0963. The number of benzene rings is 1. The van der Waals surface area contributed by atoms with E-state index in [2.05, 4.69) is 37.9 Å². The number of nitrogens with one attached hydrogen (secondary N) is 1. The van der Waals surface area contributed by atoms with Crippen molar-refractivity contribution in [1.29, 1.82) is 0 Å². The molecule has 0 aliphatic carbocycles. The van der Waals surface area contributed by atoms with Gasteiger partial charge < -0.3 is 15.8 Å². The molecule has 4 nitrogen and oxygen atoms in total. The lowest BCUT2D eigenvalue weighted by molar-refractivity contribution is 0.0945. The summed E-state index contributed by atoms with van der Waals surface area (Å²) < 4.78 is 5.23. The van der Waals surface area contributed by atoms with Crippen LogP contribution in [-0.2, 0) is 0 Å². The molecule has 1 unspecified atom stereocenters. The third kappa shape index (κ3) is 5.13. The molecule has 0 saturated carbocycles. The van der Waals surface area contributed by atoms with Crippen LogP contribution in [0.2, 0.25) is 0 Å². The number of hydrogen-bond acceptors (Lipinski definition) is 3. The summed E-state index contributed by atoms with van der Waals surface area (Å²) >= 11 is 0. The second-order valence-electron chi connectivity index (χ2n) is 5.35. The van der Waals surface area contributed by atoms with Gasteiger partial charge in [-0.2, -0.15) is 0 Å². The van der Waals surface area contributed by atoms with Crippen molar-refractivity contribution >= 4 is 5.91 Å². The minimum atomic E-state index is -0.0963. The summed E-state index contributed by atoms with van der Waals surface area (Å²) in [6, 6.07) is 5.22. The summed E-state index contributed by atoms with van der Waals surface area (Å²) in [5, 5.41) is 2.95. The number of hydrogen-bond donors (Lipinski definition) is 2. The average molecular weight is 288 g/mol. The first kappa shape index (κ1) is 17.1. The zero-order valence-corrected chi connectivity index (χ0v) is 13.2. The van der Waals surface area contributed by atoms with Crippen LogP contribution in [-0.4, -0.2) is 26.1 Å². The van der Waals surface area contributed by atoms with Gasteiger partial charge in [0.15, 0.2) is 0 Å². The number of rotatable bonds is 5. The van der Waals surface area contributed by atoms with Crippen molar-refractivity contribution in [1.82, 2.24) is 5.32 Å². The molecule has 0 aliphatic heterocycles. The second kappa shape index (κ2) is 8.33. The van der Waals surface area contributed by atoms with Gasteiger partial charge in [0.2, 0.25) is 0 Å². The zero-order valence-electron chi connectivity index (χ0n) is 13.2. The Morgan fingerprint density at radius 2 is 2.10 bits per heavy atom. The third-order valence-corrected chi connectivity index (χ3v) is 3.51. The molecule has 1 atom stereocenters. The molecule has 1 amide bonds. The van der Waals surface area contributed by atoms with E-state index in [0.29, 0.717) is 35.3 Å². The van der Waals surface area contributed by atoms with Crippen LogP contribution in [0, 0.1) is 23.7 Å². The highest BCUT2D eigenvalue weighted by molar-refractivity contribution is 5.94. The molecule has 1 aromatic carbocycles. The first-order valence-corrected chi connectivity index (χ1v) is 7.14. The summed E-state index contributed by atoms with van der Waals surface area (Å²) in [4.78, 5) is 12.2. The minimum Gasteiger partial charge on any atom is -0.495 e. The molecule has 1 rings (SSSR count). The fourth-order valence-corrected chi connectivity index (χ4v) is 1.68. The molecule has 4 heteroatoms. The largest absolute Gasteiger partial charge is 0.495 e. The van der Waals surface area contributed by atoms with Crippen molar-refractivity contribution in [2.75, 3.05) is 20.2 Å². The van der Waals surface area contributed by atoms with E-state index in [0.717, 1.165) is 0 Å². The van der Waals surface area contributed by atoms with Crippen molar-refractivity contribution in [2.24, 2.45) is 17.6 Å². The van der Waals surface area contributed by atoms with Crippen molar-refractivity contribution < 1.29 is 9.53 Å². The maximum absolute atomic E-state index is 12.2. The molecule has 0 fully saturated rings. The Balaban J connectivity index is 2.85. The Labute approximate surface area is 127 Å². The molecule has 0 saturated heterocycles. The first-order chi connectivity index (χ1) is 9.99. The number of carbonyl (C=O) groups is 1. The molecule has 0 bridgehead atoms. The van der Waals surface area contributed by atoms with Gasteiger partial charge in [-0.3, -0.25) is 4.79 Å². The Morgan fingerprint density at radius 3 is 2.67 bits per heavy atom. The average Bonchev–Trinajstić information content (AvgIpc) is 2.49. The van der Waals surface area contributed by atoms with Gasteiger partial charge in [-0.1, -0.05) is 32.6 Å². The molecule has 1 aromatic rings. The number of methoxy groups -OCH3 is 1. The second-order valence-corrected chi connectivity index (χ2v) is 5.35. The van der Waals surface area contributed by atoms with E-state index in [1.165, 1.54) is 0 Å². The number of carbonyl (C=O) groups excluding carboxylic acids is 1. The fourth-order valence-electron chi connectivity index (χ4n) is 1.68. The Morgan fingerprint density at radius 1 is 1.38 bits per heavy atom. The summed E-state index contributed by atoms with van der Waals surface area (Å²) in [5.74, 6) is 7.21. The summed E-state index contributed by atoms with van der Waals surface area (Å²) in [7, 11) is 1.58. The fraction of sp³-hybridized carbons (Fsp3) is 0.471. The number of nitrogens with two attached hydrogens (primary N) is 1. The maximum atomic E-state index is 12.2. The van der Waals surface area contributed by atoms with E-state index in [9.17, 15) is 4.79 Å². The maximum Gasteiger partial charge on any atom is 0.251 e. The van der Waals surface area contributed by atoms with Crippen LogP contribution in [0.3, 0.4) is 0 Å². The van der Waals surface area contributed by atoms with Crippen LogP contribution in [0.1, 0.15) is 36.7 Å². The molecule has 0 aliphatic rings. The summed E-state index contributed by atoms with van der Waals surface area (Å²) in [6.45, 7) is 7.34. The highest BCUT2D eigenvalue weighted by Gasteiger charge is 2.12. The van der Waals surface area contributed by atoms with Crippen LogP contribution in [0.15, 0.2) is 18.2 Å². The van der Waals surface area contributed by atoms with Crippen molar-refractivity contribution in [3.8, 4) is 17.6 Å². The normalized spacial score (nSPS) is 11.5. The lowest BCUT2D eigenvalue weighted by Crippen LogP contribution is -2.30. The summed E-state index contributed by atoms with van der Waals surface area (Å²) in [6.07, 6.45) is 0. The van der Waals surface area contributed by atoms with Gasteiger partial charge >= 0.3 is 0 Å². The van der Waals surface area contributed by atoms with E-state index in [1.807, 2.05) is 0 Å². The van der Waals surface area contributed by atoms with Gasteiger partial charge in [0, 0.05) is 12.1 Å². The molecular formula is C17H24N2O2. The van der Waals surface area contributed by atoms with Crippen LogP contribution in [0.4, 0.5) is 0 Å². The standard InChI is InChI=1S/C17H24N2O2/c1-12(2)13(3)11-19-17(20)15-7-8-16(21-4)14(10-15)6-5-9-18/h7-8,10,12-13H,9,11,18H2,1-4H3,(H,19,20). The predicted molar refractivity (Wildman–Crippen MR) is 85.3 cm³/mol. The number of amides is 1. The predicted octanol–water partition coefficient (Wildman–Crippen LogP) is 2.03. The van der Waals surface area contributed by atoms with Crippen LogP contribution in [0.5, 0.6) is 5.75 Å². The van der Waals surface area contributed by atoms with E-state index in [4.69, 9.17) is 10.5 Å². The number of ether oxygens (including phenoxy) is 1. The highest BCUT2D eigenvalue weighted by Crippen LogP contribution is 2.19. The van der Waals surface area contributed by atoms with Crippen LogP contribution >= 0.6 is 0 Å². The first-order valence-electron chi connectivity index (χ1n) is 7.14.